The predicted octanol–water partition coefficient (Wildman–Crippen LogP) is 2.64. The van der Waals surface area contributed by atoms with Gasteiger partial charge in [-0.1, -0.05) is 37.3 Å². The highest BCUT2D eigenvalue weighted by atomic mass is 16.1. The summed E-state index contributed by atoms with van der Waals surface area (Å²) in [5.41, 5.74) is 6.98. The van der Waals surface area contributed by atoms with E-state index in [1.54, 1.807) is 0 Å². The van der Waals surface area contributed by atoms with E-state index < -0.39 is 0 Å². The molecule has 20 heavy (non-hydrogen) atoms. The Morgan fingerprint density at radius 1 is 1.30 bits per heavy atom. The van der Waals surface area contributed by atoms with Gasteiger partial charge in [0, 0.05) is 13.0 Å². The second-order valence-electron chi connectivity index (χ2n) is 6.20. The van der Waals surface area contributed by atoms with Crippen molar-refractivity contribution in [1.29, 1.82) is 0 Å². The number of nitrogens with two attached hydrogens (primary N) is 1. The average molecular weight is 274 g/mol. The summed E-state index contributed by atoms with van der Waals surface area (Å²) in [5.74, 6) is 0.893. The van der Waals surface area contributed by atoms with Crippen molar-refractivity contribution in [2.75, 3.05) is 6.54 Å². The number of amides is 1. The molecule has 110 valence electrons. The van der Waals surface area contributed by atoms with Gasteiger partial charge in [0.05, 0.1) is 5.54 Å². The molecule has 1 aliphatic carbocycles. The molecule has 1 aliphatic rings. The van der Waals surface area contributed by atoms with Gasteiger partial charge in [-0.15, -0.1) is 0 Å². The van der Waals surface area contributed by atoms with E-state index in [2.05, 4.69) is 24.4 Å². The molecular weight excluding hydrogens is 248 g/mol. The van der Waals surface area contributed by atoms with Crippen LogP contribution in [0.3, 0.4) is 0 Å². The minimum absolute atomic E-state index is 0.133. The molecule has 0 heterocycles. The normalized spacial score (nSPS) is 26.2. The van der Waals surface area contributed by atoms with Crippen LogP contribution in [0.1, 0.15) is 44.6 Å². The minimum Gasteiger partial charge on any atom is -0.349 e. The van der Waals surface area contributed by atoms with E-state index in [0.29, 0.717) is 13.0 Å². The summed E-state index contributed by atoms with van der Waals surface area (Å²) in [5, 5.41) is 3.21. The van der Waals surface area contributed by atoms with Crippen LogP contribution in [0.5, 0.6) is 0 Å². The lowest BCUT2D eigenvalue weighted by molar-refractivity contribution is -0.123. The van der Waals surface area contributed by atoms with Crippen LogP contribution in [0.25, 0.3) is 0 Å². The maximum Gasteiger partial charge on any atom is 0.220 e. The van der Waals surface area contributed by atoms with Crippen LogP contribution in [0.4, 0.5) is 0 Å². The highest BCUT2D eigenvalue weighted by Crippen LogP contribution is 2.31. The van der Waals surface area contributed by atoms with Gasteiger partial charge in [-0.3, -0.25) is 4.79 Å². The quantitative estimate of drug-likeness (QED) is 0.867. The van der Waals surface area contributed by atoms with E-state index in [-0.39, 0.29) is 11.4 Å². The second kappa shape index (κ2) is 6.89. The van der Waals surface area contributed by atoms with Crippen molar-refractivity contribution >= 4 is 5.91 Å². The topological polar surface area (TPSA) is 55.1 Å². The molecule has 1 aromatic rings. The number of benzene rings is 1. The van der Waals surface area contributed by atoms with Crippen molar-refractivity contribution in [3.63, 3.8) is 0 Å². The van der Waals surface area contributed by atoms with Gasteiger partial charge in [0.15, 0.2) is 0 Å². The molecule has 1 fully saturated rings. The van der Waals surface area contributed by atoms with Crippen LogP contribution in [-0.2, 0) is 11.2 Å². The third kappa shape index (κ3) is 4.07. The van der Waals surface area contributed by atoms with Crippen LogP contribution < -0.4 is 11.1 Å². The van der Waals surface area contributed by atoms with Crippen molar-refractivity contribution in [2.45, 2.75) is 51.0 Å². The first-order valence-corrected chi connectivity index (χ1v) is 7.68. The van der Waals surface area contributed by atoms with E-state index in [9.17, 15) is 4.79 Å². The third-order valence-corrected chi connectivity index (χ3v) is 4.51. The van der Waals surface area contributed by atoms with Crippen LogP contribution >= 0.6 is 0 Å². The first kappa shape index (κ1) is 15.0. The third-order valence-electron chi connectivity index (χ3n) is 4.51. The molecule has 0 radical (unpaired) electrons. The van der Waals surface area contributed by atoms with E-state index in [1.165, 1.54) is 5.56 Å². The first-order valence-electron chi connectivity index (χ1n) is 7.68. The summed E-state index contributed by atoms with van der Waals surface area (Å²) < 4.78 is 0. The molecule has 3 nitrogen and oxygen atoms in total. The zero-order valence-corrected chi connectivity index (χ0v) is 12.4. The standard InChI is InChI=1S/C17H26N2O/c1-14-9-11-17(13-18,12-10-14)19-16(20)8-7-15-5-3-2-4-6-15/h2-6,14H,7-13,18H2,1H3,(H,19,20). The largest absolute Gasteiger partial charge is 0.349 e. The summed E-state index contributed by atoms with van der Waals surface area (Å²) in [6.45, 7) is 2.83. The molecule has 1 amide bonds. The number of nitrogens with one attached hydrogen (secondary N) is 1. The van der Waals surface area contributed by atoms with E-state index in [0.717, 1.165) is 38.0 Å². The van der Waals surface area contributed by atoms with E-state index in [4.69, 9.17) is 5.73 Å². The smallest absolute Gasteiger partial charge is 0.220 e. The van der Waals surface area contributed by atoms with Gasteiger partial charge in [-0.05, 0) is 43.6 Å². The summed E-state index contributed by atoms with van der Waals surface area (Å²) in [6, 6.07) is 10.1. The molecule has 0 saturated heterocycles. The minimum atomic E-state index is -0.152. The molecule has 2 rings (SSSR count). The predicted molar refractivity (Wildman–Crippen MR) is 82.3 cm³/mol. The maximum atomic E-state index is 12.2. The van der Waals surface area contributed by atoms with Crippen molar-refractivity contribution in [1.82, 2.24) is 5.32 Å². The first-order chi connectivity index (χ1) is 9.63. The fourth-order valence-corrected chi connectivity index (χ4v) is 2.96. The lowest BCUT2D eigenvalue weighted by Gasteiger charge is -2.39. The molecule has 0 spiro atoms. The summed E-state index contributed by atoms with van der Waals surface area (Å²) >= 11 is 0. The van der Waals surface area contributed by atoms with Crippen molar-refractivity contribution in [3.8, 4) is 0 Å². The molecule has 1 saturated carbocycles. The highest BCUT2D eigenvalue weighted by molar-refractivity contribution is 5.77. The molecule has 0 atom stereocenters. The zero-order valence-electron chi connectivity index (χ0n) is 12.4. The van der Waals surface area contributed by atoms with Gasteiger partial charge < -0.3 is 11.1 Å². The molecule has 0 aliphatic heterocycles. The fourth-order valence-electron chi connectivity index (χ4n) is 2.96. The van der Waals surface area contributed by atoms with Gasteiger partial charge in [0.1, 0.15) is 0 Å². The number of carbonyl (C=O) groups excluding carboxylic acids is 1. The van der Waals surface area contributed by atoms with Gasteiger partial charge in [-0.25, -0.2) is 0 Å². The summed E-state index contributed by atoms with van der Waals surface area (Å²) in [7, 11) is 0. The maximum absolute atomic E-state index is 12.2. The Balaban J connectivity index is 1.83. The van der Waals surface area contributed by atoms with Gasteiger partial charge in [0.2, 0.25) is 5.91 Å². The number of hydrogen-bond acceptors (Lipinski definition) is 2. The molecule has 3 heteroatoms. The average Bonchev–Trinajstić information content (AvgIpc) is 2.49. The molecule has 0 unspecified atom stereocenters. The molecule has 3 N–H and O–H groups in total. The number of rotatable bonds is 5. The Morgan fingerprint density at radius 2 is 1.95 bits per heavy atom. The Hall–Kier alpha value is -1.35. The number of hydrogen-bond donors (Lipinski definition) is 2. The number of aryl methyl sites for hydroxylation is 1. The van der Waals surface area contributed by atoms with Gasteiger partial charge in [-0.2, -0.15) is 0 Å². The highest BCUT2D eigenvalue weighted by Gasteiger charge is 2.33. The monoisotopic (exact) mass is 274 g/mol. The Morgan fingerprint density at radius 3 is 2.55 bits per heavy atom. The van der Waals surface area contributed by atoms with Crippen molar-refractivity contribution < 1.29 is 4.79 Å². The molecular formula is C17H26N2O. The van der Waals surface area contributed by atoms with Crippen LogP contribution in [-0.4, -0.2) is 18.0 Å². The Labute approximate surface area is 121 Å². The van der Waals surface area contributed by atoms with Crippen molar-refractivity contribution in [3.05, 3.63) is 35.9 Å². The molecule has 1 aromatic carbocycles. The molecule has 0 aromatic heterocycles. The van der Waals surface area contributed by atoms with E-state index in [1.807, 2.05) is 18.2 Å². The second-order valence-corrected chi connectivity index (χ2v) is 6.20. The lowest BCUT2D eigenvalue weighted by Crippen LogP contribution is -2.55. The fraction of sp³-hybridized carbons (Fsp3) is 0.588. The number of carbonyl (C=O) groups is 1. The summed E-state index contributed by atoms with van der Waals surface area (Å²) in [6.07, 6.45) is 5.70. The van der Waals surface area contributed by atoms with Crippen LogP contribution in [0.15, 0.2) is 30.3 Å². The lowest BCUT2D eigenvalue weighted by atomic mass is 9.77. The van der Waals surface area contributed by atoms with Crippen molar-refractivity contribution in [2.24, 2.45) is 11.7 Å². The van der Waals surface area contributed by atoms with Gasteiger partial charge in [0.25, 0.3) is 0 Å². The van der Waals surface area contributed by atoms with E-state index >= 15 is 0 Å². The zero-order chi connectivity index (χ0) is 14.4. The Bertz CT molecular complexity index is 422. The van der Waals surface area contributed by atoms with Crippen LogP contribution in [0.2, 0.25) is 0 Å². The Kier molecular flexibility index (Phi) is 5.18. The van der Waals surface area contributed by atoms with Crippen LogP contribution in [0, 0.1) is 5.92 Å². The van der Waals surface area contributed by atoms with Gasteiger partial charge >= 0.3 is 0 Å². The summed E-state index contributed by atoms with van der Waals surface area (Å²) in [4.78, 5) is 12.2. The molecule has 0 bridgehead atoms. The SMILES string of the molecule is CC1CCC(CN)(NC(=O)CCc2ccccc2)CC1.